The first-order chi connectivity index (χ1) is 4.59. The van der Waals surface area contributed by atoms with Gasteiger partial charge in [0, 0.05) is 0 Å². The van der Waals surface area contributed by atoms with Gasteiger partial charge in [0.2, 0.25) is 0 Å². The number of allylic oxidation sites excluding steroid dienone is 1. The van der Waals surface area contributed by atoms with Crippen LogP contribution < -0.4 is 0 Å². The van der Waals surface area contributed by atoms with E-state index in [0.717, 1.165) is 11.1 Å². The van der Waals surface area contributed by atoms with Crippen molar-refractivity contribution in [3.8, 4) is 0 Å². The number of hydrogen-bond acceptors (Lipinski definition) is 0. The van der Waals surface area contributed by atoms with Gasteiger partial charge in [0.1, 0.15) is 0 Å². The first-order valence-corrected chi connectivity index (χ1v) is 5.92. The molecule has 0 aromatic heterocycles. The summed E-state index contributed by atoms with van der Waals surface area (Å²) in [5, 5.41) is 0. The summed E-state index contributed by atoms with van der Waals surface area (Å²) >= 11 is 0. The minimum Gasteiger partial charge on any atom is -0.103 e. The second-order valence-electron chi connectivity index (χ2n) is 3.38. The Balaban J connectivity index is 3.84. The predicted octanol–water partition coefficient (Wildman–Crippen LogP) is 3.49. The fourth-order valence-corrected chi connectivity index (χ4v) is 3.91. The molecule has 0 aliphatic rings. The molecule has 0 atom stereocenters. The lowest BCUT2D eigenvalue weighted by atomic mass is 10.5. The molecule has 0 nitrogen and oxygen atoms in total. The van der Waals surface area contributed by atoms with E-state index in [-0.39, 0.29) is 8.80 Å². The molecule has 0 aromatic rings. The van der Waals surface area contributed by atoms with Gasteiger partial charge in [-0.1, -0.05) is 44.9 Å². The topological polar surface area (TPSA) is 0 Å². The number of rotatable bonds is 4. The molecule has 0 aliphatic carbocycles. The van der Waals surface area contributed by atoms with Crippen LogP contribution in [-0.2, 0) is 0 Å². The maximum atomic E-state index is 3.79. The molecule has 0 aliphatic heterocycles. The molecule has 0 spiro atoms. The van der Waals surface area contributed by atoms with Crippen LogP contribution in [0.3, 0.4) is 0 Å². The van der Waals surface area contributed by atoms with Gasteiger partial charge in [-0.25, -0.2) is 0 Å². The zero-order valence-corrected chi connectivity index (χ0v) is 8.65. The summed E-state index contributed by atoms with van der Waals surface area (Å²) in [4.78, 5) is 0. The quantitative estimate of drug-likeness (QED) is 0.430. The predicted molar refractivity (Wildman–Crippen MR) is 51.0 cm³/mol. The molecule has 0 N–H and O–H groups in total. The van der Waals surface area contributed by atoms with Gasteiger partial charge in [-0.05, 0) is 6.04 Å². The molecule has 10 heavy (non-hydrogen) atoms. The summed E-state index contributed by atoms with van der Waals surface area (Å²) < 4.78 is 0. The third-order valence-electron chi connectivity index (χ3n) is 1.86. The van der Waals surface area contributed by atoms with E-state index >= 15 is 0 Å². The van der Waals surface area contributed by atoms with Gasteiger partial charge >= 0.3 is 0 Å². The van der Waals surface area contributed by atoms with Crippen LogP contribution in [0.1, 0.15) is 27.7 Å². The average Bonchev–Trinajstić information content (AvgIpc) is 1.81. The summed E-state index contributed by atoms with van der Waals surface area (Å²) in [6.45, 7) is 13.1. The van der Waals surface area contributed by atoms with Gasteiger partial charge < -0.3 is 0 Å². The van der Waals surface area contributed by atoms with Gasteiger partial charge in [0.05, 0.1) is 8.80 Å². The van der Waals surface area contributed by atoms with Gasteiger partial charge in [-0.15, -0.1) is 6.58 Å². The van der Waals surface area contributed by atoms with E-state index in [9.17, 15) is 0 Å². The summed E-state index contributed by atoms with van der Waals surface area (Å²) in [5.41, 5.74) is 1.78. The van der Waals surface area contributed by atoms with E-state index in [1.807, 2.05) is 0 Å². The van der Waals surface area contributed by atoms with E-state index in [0.29, 0.717) is 0 Å². The summed E-state index contributed by atoms with van der Waals surface area (Å²) in [6, 6.07) is 1.26. The fraction of sp³-hybridized carbons (Fsp3) is 0.778. The first kappa shape index (κ1) is 9.96. The van der Waals surface area contributed by atoms with Crippen molar-refractivity contribution in [3.63, 3.8) is 0 Å². The highest BCUT2D eigenvalue weighted by Crippen LogP contribution is 2.23. The lowest BCUT2D eigenvalue weighted by Crippen LogP contribution is -2.19. The van der Waals surface area contributed by atoms with Crippen molar-refractivity contribution < 1.29 is 0 Å². The molecule has 0 fully saturated rings. The van der Waals surface area contributed by atoms with Crippen LogP contribution in [0, 0.1) is 0 Å². The highest BCUT2D eigenvalue weighted by Gasteiger charge is 2.17. The highest BCUT2D eigenvalue weighted by atomic mass is 28.3. The molecule has 0 unspecified atom stereocenters. The fourth-order valence-electron chi connectivity index (χ4n) is 1.30. The van der Waals surface area contributed by atoms with Crippen molar-refractivity contribution >= 4 is 8.80 Å². The lowest BCUT2D eigenvalue weighted by molar-refractivity contribution is 0.932. The van der Waals surface area contributed by atoms with Crippen molar-refractivity contribution in [2.75, 3.05) is 0 Å². The summed E-state index contributed by atoms with van der Waals surface area (Å²) in [6.07, 6.45) is 2.08. The molecule has 0 heterocycles. The van der Waals surface area contributed by atoms with Crippen LogP contribution in [0.4, 0.5) is 0 Å². The molecule has 1 radical (unpaired) electrons. The zero-order chi connectivity index (χ0) is 8.15. The lowest BCUT2D eigenvalue weighted by Gasteiger charge is -2.20. The molecule has 0 bridgehead atoms. The maximum Gasteiger partial charge on any atom is 0.0574 e. The highest BCUT2D eigenvalue weighted by molar-refractivity contribution is 6.62. The molecule has 0 aromatic carbocycles. The molecular weight excluding hydrogens is 136 g/mol. The normalized spacial score (nSPS) is 11.5. The second kappa shape index (κ2) is 4.72. The van der Waals surface area contributed by atoms with Crippen LogP contribution >= 0.6 is 0 Å². The van der Waals surface area contributed by atoms with E-state index in [1.54, 1.807) is 0 Å². The minimum absolute atomic E-state index is 0.148. The van der Waals surface area contributed by atoms with Crippen molar-refractivity contribution in [2.24, 2.45) is 0 Å². The van der Waals surface area contributed by atoms with E-state index < -0.39 is 0 Å². The monoisotopic (exact) mass is 155 g/mol. The molecule has 0 amide bonds. The summed E-state index contributed by atoms with van der Waals surface area (Å²) in [7, 11) is -0.148. The van der Waals surface area contributed by atoms with Crippen LogP contribution in [0.25, 0.3) is 0 Å². The summed E-state index contributed by atoms with van der Waals surface area (Å²) in [5.74, 6) is 0. The molecule has 1 heteroatoms. The third-order valence-corrected chi connectivity index (χ3v) is 5.59. The maximum absolute atomic E-state index is 3.79. The SMILES string of the molecule is C=CC[Si](C(C)C)C(C)C. The minimum atomic E-state index is -0.148. The Morgan fingerprint density at radius 3 is 1.70 bits per heavy atom. The van der Waals surface area contributed by atoms with Crippen LogP contribution in [0.15, 0.2) is 12.7 Å². The molecule has 0 rings (SSSR count). The Hall–Kier alpha value is -0.0431. The van der Waals surface area contributed by atoms with Gasteiger partial charge in [0.15, 0.2) is 0 Å². The Kier molecular flexibility index (Phi) is 4.70. The smallest absolute Gasteiger partial charge is 0.0574 e. The zero-order valence-electron chi connectivity index (χ0n) is 7.65. The van der Waals surface area contributed by atoms with E-state index in [1.165, 1.54) is 6.04 Å². The molecule has 0 saturated carbocycles. The van der Waals surface area contributed by atoms with Crippen molar-refractivity contribution in [1.82, 2.24) is 0 Å². The standard InChI is InChI=1S/C9H19Si/c1-6-7-10(8(2)3)9(4)5/h6,8-9H,1,7H2,2-5H3. The molecule has 59 valence electrons. The Bertz CT molecular complexity index is 86.9. The van der Waals surface area contributed by atoms with Crippen molar-refractivity contribution in [3.05, 3.63) is 12.7 Å². The second-order valence-corrected chi connectivity index (χ2v) is 7.24. The Morgan fingerprint density at radius 2 is 1.60 bits per heavy atom. The molecule has 0 saturated heterocycles. The van der Waals surface area contributed by atoms with Crippen molar-refractivity contribution in [2.45, 2.75) is 44.8 Å². The Morgan fingerprint density at radius 1 is 1.20 bits per heavy atom. The average molecular weight is 155 g/mol. The third kappa shape index (κ3) is 3.21. The van der Waals surface area contributed by atoms with Gasteiger partial charge in [0.25, 0.3) is 0 Å². The van der Waals surface area contributed by atoms with Gasteiger partial charge in [-0.3, -0.25) is 0 Å². The van der Waals surface area contributed by atoms with E-state index in [4.69, 9.17) is 0 Å². The first-order valence-electron chi connectivity index (χ1n) is 4.06. The number of hydrogen-bond donors (Lipinski definition) is 0. The van der Waals surface area contributed by atoms with E-state index in [2.05, 4.69) is 40.3 Å². The van der Waals surface area contributed by atoms with Gasteiger partial charge in [-0.2, -0.15) is 0 Å². The van der Waals surface area contributed by atoms with Crippen molar-refractivity contribution in [1.29, 1.82) is 0 Å². The Labute approximate surface area is 66.9 Å². The largest absolute Gasteiger partial charge is 0.103 e. The van der Waals surface area contributed by atoms with Crippen LogP contribution in [0.5, 0.6) is 0 Å². The van der Waals surface area contributed by atoms with Crippen LogP contribution in [0.2, 0.25) is 17.1 Å². The molecular formula is C9H19Si. The van der Waals surface area contributed by atoms with Crippen LogP contribution in [-0.4, -0.2) is 8.80 Å².